The van der Waals surface area contributed by atoms with Gasteiger partial charge in [-0.1, -0.05) is 30.3 Å². The van der Waals surface area contributed by atoms with Gasteiger partial charge < -0.3 is 4.74 Å². The molecule has 0 aliphatic heterocycles. The number of hydrogen-bond donors (Lipinski definition) is 1. The number of carbonyl (C=O) groups excluding carboxylic acids is 1. The van der Waals surface area contributed by atoms with Crippen LogP contribution in [0.5, 0.6) is 5.75 Å². The highest BCUT2D eigenvalue weighted by molar-refractivity contribution is 7.86. The van der Waals surface area contributed by atoms with Crippen molar-refractivity contribution in [1.82, 2.24) is 0 Å². The predicted molar refractivity (Wildman–Crippen MR) is 89.9 cm³/mol. The highest BCUT2D eigenvalue weighted by atomic mass is 32.2. The van der Waals surface area contributed by atoms with Crippen molar-refractivity contribution >= 4 is 22.0 Å². The standard InChI is InChI=1S/C18H16O5S/c1-23-16-9-6-12(11-17(16)24(20,21)22)10-14-8-7-13-4-2-3-5-15(13)18(14)19/h2-6,9-11H,7-8H2,1H3,(H,20,21,22)/b14-10-. The van der Waals surface area contributed by atoms with Crippen molar-refractivity contribution in [3.05, 3.63) is 64.7 Å². The Balaban J connectivity index is 2.03. The first kappa shape index (κ1) is 16.4. The van der Waals surface area contributed by atoms with E-state index in [4.69, 9.17) is 4.74 Å². The molecule has 0 atom stereocenters. The number of ketones is 1. The zero-order valence-corrected chi connectivity index (χ0v) is 13.8. The molecule has 124 valence electrons. The average molecular weight is 344 g/mol. The molecule has 24 heavy (non-hydrogen) atoms. The zero-order chi connectivity index (χ0) is 17.3. The number of fused-ring (bicyclic) bond motifs is 1. The van der Waals surface area contributed by atoms with Crippen molar-refractivity contribution in [1.29, 1.82) is 0 Å². The van der Waals surface area contributed by atoms with Crippen LogP contribution in [0.3, 0.4) is 0 Å². The van der Waals surface area contributed by atoms with E-state index in [1.807, 2.05) is 18.2 Å². The SMILES string of the molecule is COc1ccc(/C=C2/CCc3ccccc3C2=O)cc1S(=O)(=O)O. The van der Waals surface area contributed by atoms with Crippen LogP contribution in [0.2, 0.25) is 0 Å². The maximum atomic E-state index is 12.6. The normalized spacial score (nSPS) is 16.1. The molecule has 1 aliphatic rings. The number of aryl methyl sites for hydroxylation is 1. The van der Waals surface area contributed by atoms with E-state index in [1.165, 1.54) is 19.2 Å². The molecule has 0 saturated heterocycles. The van der Waals surface area contributed by atoms with E-state index in [0.717, 1.165) is 12.0 Å². The van der Waals surface area contributed by atoms with Gasteiger partial charge in [-0.05, 0) is 42.2 Å². The third-order valence-electron chi connectivity index (χ3n) is 4.02. The Labute approximate surface area is 140 Å². The van der Waals surface area contributed by atoms with E-state index < -0.39 is 10.1 Å². The third-order valence-corrected chi connectivity index (χ3v) is 4.90. The van der Waals surface area contributed by atoms with Gasteiger partial charge in [0.2, 0.25) is 0 Å². The lowest BCUT2D eigenvalue weighted by molar-refractivity contribution is 0.102. The minimum atomic E-state index is -4.41. The molecule has 0 unspecified atom stereocenters. The van der Waals surface area contributed by atoms with Gasteiger partial charge in [0.1, 0.15) is 10.6 Å². The van der Waals surface area contributed by atoms with Gasteiger partial charge in [-0.2, -0.15) is 8.42 Å². The summed E-state index contributed by atoms with van der Waals surface area (Å²) in [4.78, 5) is 12.2. The summed E-state index contributed by atoms with van der Waals surface area (Å²) in [5.74, 6) is 0.000963. The molecule has 0 aromatic heterocycles. The van der Waals surface area contributed by atoms with Crippen LogP contribution >= 0.6 is 0 Å². The first-order chi connectivity index (χ1) is 11.4. The van der Waals surface area contributed by atoms with E-state index in [0.29, 0.717) is 23.1 Å². The summed E-state index contributed by atoms with van der Waals surface area (Å²) in [5, 5.41) is 0. The Bertz CT molecular complexity index is 942. The van der Waals surface area contributed by atoms with Crippen LogP contribution in [0.15, 0.2) is 52.9 Å². The van der Waals surface area contributed by atoms with Crippen LogP contribution in [0.1, 0.15) is 27.9 Å². The van der Waals surface area contributed by atoms with Gasteiger partial charge in [0.25, 0.3) is 10.1 Å². The van der Waals surface area contributed by atoms with Crippen LogP contribution in [0.25, 0.3) is 6.08 Å². The molecule has 1 aliphatic carbocycles. The molecule has 6 heteroatoms. The molecule has 3 rings (SSSR count). The Morgan fingerprint density at radius 2 is 1.88 bits per heavy atom. The molecule has 2 aromatic rings. The lowest BCUT2D eigenvalue weighted by atomic mass is 9.86. The van der Waals surface area contributed by atoms with Gasteiger partial charge >= 0.3 is 0 Å². The zero-order valence-electron chi connectivity index (χ0n) is 13.0. The van der Waals surface area contributed by atoms with E-state index in [-0.39, 0.29) is 16.4 Å². The molecule has 0 heterocycles. The van der Waals surface area contributed by atoms with Gasteiger partial charge in [-0.15, -0.1) is 0 Å². The van der Waals surface area contributed by atoms with Crippen molar-refractivity contribution in [2.24, 2.45) is 0 Å². The molecule has 0 saturated carbocycles. The van der Waals surface area contributed by atoms with Gasteiger partial charge in [-0.25, -0.2) is 0 Å². The van der Waals surface area contributed by atoms with Crippen LogP contribution in [-0.4, -0.2) is 25.9 Å². The van der Waals surface area contributed by atoms with Gasteiger partial charge in [0.05, 0.1) is 7.11 Å². The Morgan fingerprint density at radius 1 is 1.12 bits per heavy atom. The molecule has 0 amide bonds. The van der Waals surface area contributed by atoms with E-state index >= 15 is 0 Å². The van der Waals surface area contributed by atoms with E-state index in [9.17, 15) is 17.8 Å². The summed E-state index contributed by atoms with van der Waals surface area (Å²) in [6, 6.07) is 11.9. The molecule has 0 spiro atoms. The van der Waals surface area contributed by atoms with E-state index in [1.54, 1.807) is 18.2 Å². The number of hydrogen-bond acceptors (Lipinski definition) is 4. The van der Waals surface area contributed by atoms with Crippen LogP contribution < -0.4 is 4.74 Å². The van der Waals surface area contributed by atoms with Crippen molar-refractivity contribution in [3.63, 3.8) is 0 Å². The largest absolute Gasteiger partial charge is 0.495 e. The van der Waals surface area contributed by atoms with Crippen molar-refractivity contribution in [2.75, 3.05) is 7.11 Å². The second-order valence-corrected chi connectivity index (χ2v) is 6.93. The molecule has 0 fully saturated rings. The fourth-order valence-corrected chi connectivity index (χ4v) is 3.53. The maximum absolute atomic E-state index is 12.6. The molecule has 0 bridgehead atoms. The summed E-state index contributed by atoms with van der Waals surface area (Å²) in [6.07, 6.45) is 3.00. The maximum Gasteiger partial charge on any atom is 0.298 e. The quantitative estimate of drug-likeness (QED) is 0.683. The third kappa shape index (κ3) is 3.11. The van der Waals surface area contributed by atoms with Crippen LogP contribution in [-0.2, 0) is 16.5 Å². The number of benzene rings is 2. The van der Waals surface area contributed by atoms with Crippen LogP contribution in [0, 0.1) is 0 Å². The second kappa shape index (κ2) is 6.22. The second-order valence-electron chi connectivity index (χ2n) is 5.54. The Kier molecular flexibility index (Phi) is 4.26. The lowest BCUT2D eigenvalue weighted by Crippen LogP contribution is -2.13. The summed E-state index contributed by atoms with van der Waals surface area (Å²) in [6.45, 7) is 0. The summed E-state index contributed by atoms with van der Waals surface area (Å²) >= 11 is 0. The van der Waals surface area contributed by atoms with Crippen LogP contribution in [0.4, 0.5) is 0 Å². The number of Topliss-reactive ketones (excluding diaryl/α,β-unsaturated/α-hetero) is 1. The Morgan fingerprint density at radius 3 is 2.58 bits per heavy atom. The summed E-state index contributed by atoms with van der Waals surface area (Å²) < 4.78 is 37.2. The lowest BCUT2D eigenvalue weighted by Gasteiger charge is -2.17. The highest BCUT2D eigenvalue weighted by Crippen LogP contribution is 2.29. The summed E-state index contributed by atoms with van der Waals surface area (Å²) in [5.41, 5.74) is 2.83. The highest BCUT2D eigenvalue weighted by Gasteiger charge is 2.22. The number of carbonyl (C=O) groups is 1. The molecule has 5 nitrogen and oxygen atoms in total. The topological polar surface area (TPSA) is 80.7 Å². The van der Waals surface area contributed by atoms with Crippen molar-refractivity contribution < 1.29 is 22.5 Å². The summed E-state index contributed by atoms with van der Waals surface area (Å²) in [7, 11) is -3.09. The smallest absolute Gasteiger partial charge is 0.298 e. The molecular weight excluding hydrogens is 328 g/mol. The number of allylic oxidation sites excluding steroid dienone is 1. The van der Waals surface area contributed by atoms with Gasteiger partial charge in [-0.3, -0.25) is 9.35 Å². The van der Waals surface area contributed by atoms with E-state index in [2.05, 4.69) is 0 Å². The average Bonchev–Trinajstić information content (AvgIpc) is 2.57. The van der Waals surface area contributed by atoms with Crippen molar-refractivity contribution in [3.8, 4) is 5.75 Å². The first-order valence-electron chi connectivity index (χ1n) is 7.39. The number of rotatable bonds is 3. The number of methoxy groups -OCH3 is 1. The fourth-order valence-electron chi connectivity index (χ4n) is 2.84. The Hall–Kier alpha value is -2.44. The van der Waals surface area contributed by atoms with Crippen molar-refractivity contribution in [2.45, 2.75) is 17.7 Å². The van der Waals surface area contributed by atoms with Gasteiger partial charge in [0, 0.05) is 11.1 Å². The number of ether oxygens (including phenoxy) is 1. The minimum Gasteiger partial charge on any atom is -0.495 e. The molecule has 1 N–H and O–H groups in total. The fraction of sp³-hybridized carbons (Fsp3) is 0.167. The monoisotopic (exact) mass is 344 g/mol. The molecular formula is C18H16O5S. The molecule has 2 aromatic carbocycles. The first-order valence-corrected chi connectivity index (χ1v) is 8.83. The predicted octanol–water partition coefficient (Wildman–Crippen LogP) is 3.15. The molecule has 0 radical (unpaired) electrons. The van der Waals surface area contributed by atoms with Gasteiger partial charge in [0.15, 0.2) is 5.78 Å². The minimum absolute atomic E-state index is 0.0546.